The fourth-order valence-corrected chi connectivity index (χ4v) is 2.49. The number of carbonyl (C=O) groups is 1. The number of nitrogens with one attached hydrogen (secondary N) is 2. The number of aromatic amines is 1. The molecule has 0 spiro atoms. The molecule has 21 heavy (non-hydrogen) atoms. The quantitative estimate of drug-likeness (QED) is 0.662. The molecule has 0 unspecified atom stereocenters. The van der Waals surface area contributed by atoms with Crippen molar-refractivity contribution in [2.45, 2.75) is 19.3 Å². The van der Waals surface area contributed by atoms with Crippen molar-refractivity contribution in [3.8, 4) is 5.75 Å². The molecule has 0 radical (unpaired) electrons. The summed E-state index contributed by atoms with van der Waals surface area (Å²) in [6, 6.07) is 7.46. The van der Waals surface area contributed by atoms with Crippen LogP contribution in [-0.2, 0) is 12.8 Å². The summed E-state index contributed by atoms with van der Waals surface area (Å²) in [6.45, 7) is 0. The van der Waals surface area contributed by atoms with Crippen LogP contribution in [0.5, 0.6) is 5.75 Å². The average Bonchev–Trinajstić information content (AvgIpc) is 3.10. The first-order chi connectivity index (χ1) is 10.3. The van der Waals surface area contributed by atoms with Crippen molar-refractivity contribution < 1.29 is 9.53 Å². The number of benzene rings is 1. The number of fused-ring (bicyclic) bond motifs is 1. The second-order valence-corrected chi connectivity index (χ2v) is 4.82. The lowest BCUT2D eigenvalue weighted by Gasteiger charge is -2.03. The molecule has 2 N–H and O–H groups in total. The van der Waals surface area contributed by atoms with E-state index in [1.807, 2.05) is 24.3 Å². The topological polar surface area (TPSA) is 79.4 Å². The van der Waals surface area contributed by atoms with Gasteiger partial charge in [0.1, 0.15) is 5.75 Å². The molecule has 0 fully saturated rings. The molecule has 3 rings (SSSR count). The lowest BCUT2D eigenvalue weighted by Crippen LogP contribution is -2.19. The summed E-state index contributed by atoms with van der Waals surface area (Å²) in [5.74, 6) is 0.414. The zero-order valence-electron chi connectivity index (χ0n) is 11.7. The van der Waals surface area contributed by atoms with Crippen LogP contribution >= 0.6 is 0 Å². The van der Waals surface area contributed by atoms with Crippen molar-refractivity contribution in [3.05, 3.63) is 46.8 Å². The second-order valence-electron chi connectivity index (χ2n) is 4.82. The fraction of sp³-hybridized carbons (Fsp3) is 0.267. The molecule has 1 aromatic carbocycles. The monoisotopic (exact) mass is 284 g/mol. The number of carbonyl (C=O) groups excluding carboxylic acids is 1. The summed E-state index contributed by atoms with van der Waals surface area (Å²) in [7, 11) is 1.60. The minimum atomic E-state index is -0.291. The van der Waals surface area contributed by atoms with Crippen LogP contribution in [0, 0.1) is 0 Å². The maximum atomic E-state index is 12.1. The third-order valence-corrected chi connectivity index (χ3v) is 3.53. The van der Waals surface area contributed by atoms with Crippen molar-refractivity contribution in [3.63, 3.8) is 0 Å². The van der Waals surface area contributed by atoms with Gasteiger partial charge in [-0.25, -0.2) is 5.43 Å². The predicted molar refractivity (Wildman–Crippen MR) is 78.7 cm³/mol. The molecule has 0 saturated heterocycles. The Kier molecular flexibility index (Phi) is 3.68. The lowest BCUT2D eigenvalue weighted by molar-refractivity contribution is 0.0949. The Morgan fingerprint density at radius 1 is 1.43 bits per heavy atom. The van der Waals surface area contributed by atoms with Crippen LogP contribution in [0.15, 0.2) is 29.4 Å². The van der Waals surface area contributed by atoms with Crippen LogP contribution in [-0.4, -0.2) is 29.4 Å². The van der Waals surface area contributed by atoms with E-state index in [1.165, 1.54) is 0 Å². The minimum Gasteiger partial charge on any atom is -0.496 e. The molecular formula is C15H16N4O2. The Labute approximate surface area is 122 Å². The average molecular weight is 284 g/mol. The molecule has 6 nitrogen and oxygen atoms in total. The molecule has 1 aliphatic rings. The largest absolute Gasteiger partial charge is 0.496 e. The molecule has 1 aromatic heterocycles. The van der Waals surface area contributed by atoms with Crippen molar-refractivity contribution in [1.82, 2.24) is 15.6 Å². The van der Waals surface area contributed by atoms with Crippen molar-refractivity contribution in [1.29, 1.82) is 0 Å². The standard InChI is InChI=1S/C15H16N4O2/c1-21-13-8-3-2-5-10(13)9-16-19-15(20)14-11-6-4-7-12(11)17-18-14/h2-3,5,8-9H,4,6-7H2,1H3,(H,17,18)(H,19,20)/b16-9+. The van der Waals surface area contributed by atoms with Gasteiger partial charge >= 0.3 is 0 Å². The smallest absolute Gasteiger partial charge is 0.292 e. The first-order valence-electron chi connectivity index (χ1n) is 6.82. The van der Waals surface area contributed by atoms with Crippen molar-refractivity contribution in [2.75, 3.05) is 7.11 Å². The van der Waals surface area contributed by atoms with Crippen molar-refractivity contribution >= 4 is 12.1 Å². The number of hydrogen-bond donors (Lipinski definition) is 2. The molecule has 0 atom stereocenters. The number of hydrogen-bond acceptors (Lipinski definition) is 4. The molecule has 108 valence electrons. The number of aromatic nitrogens is 2. The normalized spacial score (nSPS) is 13.4. The molecule has 6 heteroatoms. The highest BCUT2D eigenvalue weighted by Crippen LogP contribution is 2.22. The summed E-state index contributed by atoms with van der Waals surface area (Å²) < 4.78 is 5.21. The van der Waals surface area contributed by atoms with Gasteiger partial charge in [-0.15, -0.1) is 0 Å². The molecule has 0 saturated carbocycles. The molecule has 1 amide bonds. The number of hydrazone groups is 1. The van der Waals surface area contributed by atoms with E-state index in [0.29, 0.717) is 11.4 Å². The minimum absolute atomic E-state index is 0.291. The van der Waals surface area contributed by atoms with Crippen molar-refractivity contribution in [2.24, 2.45) is 5.10 Å². The van der Waals surface area contributed by atoms with Gasteiger partial charge in [0.2, 0.25) is 0 Å². The summed E-state index contributed by atoms with van der Waals surface area (Å²) in [4.78, 5) is 12.1. The predicted octanol–water partition coefficient (Wildman–Crippen LogP) is 1.67. The molecule has 1 aliphatic carbocycles. The number of nitrogens with zero attached hydrogens (tertiary/aromatic N) is 2. The third-order valence-electron chi connectivity index (χ3n) is 3.53. The van der Waals surface area contributed by atoms with Gasteiger partial charge in [0.15, 0.2) is 5.69 Å². The van der Waals surface area contributed by atoms with Crippen LogP contribution in [0.25, 0.3) is 0 Å². The third kappa shape index (κ3) is 2.65. The zero-order chi connectivity index (χ0) is 14.7. The number of para-hydroxylation sites is 1. The number of ether oxygens (including phenoxy) is 1. The maximum Gasteiger partial charge on any atom is 0.292 e. The van der Waals surface area contributed by atoms with E-state index in [-0.39, 0.29) is 5.91 Å². The lowest BCUT2D eigenvalue weighted by atomic mass is 10.2. The molecule has 0 bridgehead atoms. The highest BCUT2D eigenvalue weighted by molar-refractivity contribution is 5.95. The van der Waals surface area contributed by atoms with Gasteiger partial charge in [-0.3, -0.25) is 9.89 Å². The Balaban J connectivity index is 1.69. The van der Waals surface area contributed by atoms with Crippen LogP contribution in [0.4, 0.5) is 0 Å². The van der Waals surface area contributed by atoms with Gasteiger partial charge in [-0.2, -0.15) is 10.2 Å². The Morgan fingerprint density at radius 2 is 2.29 bits per heavy atom. The summed E-state index contributed by atoms with van der Waals surface area (Å²) in [5, 5.41) is 10.9. The summed E-state index contributed by atoms with van der Waals surface area (Å²) >= 11 is 0. The summed E-state index contributed by atoms with van der Waals surface area (Å²) in [5.41, 5.74) is 5.83. The number of methoxy groups -OCH3 is 1. The zero-order valence-corrected chi connectivity index (χ0v) is 11.7. The van der Waals surface area contributed by atoms with E-state index < -0.39 is 0 Å². The molecule has 2 aromatic rings. The molecule has 0 aliphatic heterocycles. The second kappa shape index (κ2) is 5.78. The van der Waals surface area contributed by atoms with Crippen LogP contribution < -0.4 is 10.2 Å². The van der Waals surface area contributed by atoms with Crippen LogP contribution in [0.1, 0.15) is 33.7 Å². The Hall–Kier alpha value is -2.63. The number of amides is 1. The van der Waals surface area contributed by atoms with Gasteiger partial charge in [0.05, 0.1) is 13.3 Å². The highest BCUT2D eigenvalue weighted by Gasteiger charge is 2.22. The van der Waals surface area contributed by atoms with Crippen LogP contribution in [0.2, 0.25) is 0 Å². The van der Waals surface area contributed by atoms with E-state index >= 15 is 0 Å². The molecule has 1 heterocycles. The van der Waals surface area contributed by atoms with Gasteiger partial charge < -0.3 is 4.74 Å². The molecular weight excluding hydrogens is 268 g/mol. The SMILES string of the molecule is COc1ccccc1/C=N/NC(=O)c1n[nH]c2c1CCC2. The number of rotatable bonds is 4. The maximum absolute atomic E-state index is 12.1. The first kappa shape index (κ1) is 13.4. The van der Waals surface area contributed by atoms with E-state index in [1.54, 1.807) is 13.3 Å². The van der Waals surface area contributed by atoms with Gasteiger partial charge in [0.25, 0.3) is 5.91 Å². The van der Waals surface area contributed by atoms with E-state index in [4.69, 9.17) is 4.74 Å². The van der Waals surface area contributed by atoms with Gasteiger partial charge in [-0.1, -0.05) is 12.1 Å². The number of aryl methyl sites for hydroxylation is 1. The van der Waals surface area contributed by atoms with Crippen LogP contribution in [0.3, 0.4) is 0 Å². The van der Waals surface area contributed by atoms with E-state index in [2.05, 4.69) is 20.7 Å². The highest BCUT2D eigenvalue weighted by atomic mass is 16.5. The van der Waals surface area contributed by atoms with E-state index in [0.717, 1.165) is 36.1 Å². The number of H-pyrrole nitrogens is 1. The first-order valence-corrected chi connectivity index (χ1v) is 6.82. The van der Waals surface area contributed by atoms with Gasteiger partial charge in [-0.05, 0) is 31.4 Å². The Morgan fingerprint density at radius 3 is 3.14 bits per heavy atom. The fourth-order valence-electron chi connectivity index (χ4n) is 2.49. The van der Waals surface area contributed by atoms with Gasteiger partial charge in [0, 0.05) is 16.8 Å². The van der Waals surface area contributed by atoms with E-state index in [9.17, 15) is 4.79 Å². The Bertz CT molecular complexity index is 691. The summed E-state index contributed by atoms with van der Waals surface area (Å²) in [6.07, 6.45) is 4.48.